The number of nitrogens with one attached hydrogen (secondary N) is 1. The van der Waals surface area contributed by atoms with E-state index in [9.17, 15) is 4.79 Å². The van der Waals surface area contributed by atoms with Gasteiger partial charge in [-0.05, 0) is 56.5 Å². The van der Waals surface area contributed by atoms with E-state index in [-0.39, 0.29) is 17.9 Å². The summed E-state index contributed by atoms with van der Waals surface area (Å²) in [5.41, 5.74) is 1.22. The molecule has 6 heteroatoms. The Kier molecular flexibility index (Phi) is 5.66. The zero-order valence-corrected chi connectivity index (χ0v) is 16.1. The topological polar surface area (TPSA) is 60.0 Å². The maximum absolute atomic E-state index is 12.9. The molecule has 1 aromatic rings. The van der Waals surface area contributed by atoms with Gasteiger partial charge in [-0.15, -0.1) is 0 Å². The van der Waals surface area contributed by atoms with Crippen molar-refractivity contribution < 1.29 is 19.0 Å². The minimum absolute atomic E-state index is 0.0621. The predicted octanol–water partition coefficient (Wildman–Crippen LogP) is 2.49. The monoisotopic (exact) mass is 374 g/mol. The third-order valence-corrected chi connectivity index (χ3v) is 6.19. The molecule has 148 valence electrons. The van der Waals surface area contributed by atoms with E-state index in [0.717, 1.165) is 38.1 Å². The SMILES string of the molecule is COc1ccc([C@H](CNC(=O)[C@H]2CCCC23OCCO3)N2CCCC2)cc1. The average Bonchev–Trinajstić information content (AvgIpc) is 3.46. The molecule has 1 N–H and O–H groups in total. The third kappa shape index (κ3) is 3.84. The number of carbonyl (C=O) groups is 1. The zero-order valence-electron chi connectivity index (χ0n) is 16.1. The largest absolute Gasteiger partial charge is 0.497 e. The Morgan fingerprint density at radius 2 is 1.93 bits per heavy atom. The highest BCUT2D eigenvalue weighted by molar-refractivity contribution is 5.80. The predicted molar refractivity (Wildman–Crippen MR) is 102 cm³/mol. The Morgan fingerprint density at radius 3 is 2.59 bits per heavy atom. The number of hydrogen-bond acceptors (Lipinski definition) is 5. The van der Waals surface area contributed by atoms with Gasteiger partial charge in [0.15, 0.2) is 5.79 Å². The van der Waals surface area contributed by atoms with Crippen molar-refractivity contribution in [1.29, 1.82) is 0 Å². The first-order chi connectivity index (χ1) is 13.2. The number of amides is 1. The third-order valence-electron chi connectivity index (χ3n) is 6.19. The van der Waals surface area contributed by atoms with Crippen molar-refractivity contribution in [2.45, 2.75) is 43.9 Å². The number of likely N-dealkylation sites (tertiary alicyclic amines) is 1. The minimum Gasteiger partial charge on any atom is -0.497 e. The van der Waals surface area contributed by atoms with Crippen LogP contribution in [0.15, 0.2) is 24.3 Å². The summed E-state index contributed by atoms with van der Waals surface area (Å²) in [6.45, 7) is 3.94. The molecule has 0 unspecified atom stereocenters. The molecule has 0 radical (unpaired) electrons. The van der Waals surface area contributed by atoms with Crippen LogP contribution in [0.2, 0.25) is 0 Å². The normalized spacial score (nSPS) is 25.7. The van der Waals surface area contributed by atoms with Crippen molar-refractivity contribution in [2.75, 3.05) is 40.0 Å². The standard InChI is InChI=1S/C21H30N2O4/c1-25-17-8-6-16(7-9-17)19(23-11-2-3-12-23)15-22-20(24)18-5-4-10-21(18)26-13-14-27-21/h6-9,18-19H,2-5,10-15H2,1H3,(H,22,24)/t18-,19+/m1/s1. The van der Waals surface area contributed by atoms with Gasteiger partial charge in [-0.1, -0.05) is 12.1 Å². The van der Waals surface area contributed by atoms with Crippen LogP contribution in [0.1, 0.15) is 43.7 Å². The van der Waals surface area contributed by atoms with Gasteiger partial charge in [-0.25, -0.2) is 0 Å². The molecular formula is C21H30N2O4. The molecule has 1 aliphatic carbocycles. The van der Waals surface area contributed by atoms with Crippen LogP contribution < -0.4 is 10.1 Å². The van der Waals surface area contributed by atoms with Gasteiger partial charge in [0.25, 0.3) is 0 Å². The Labute approximate surface area is 161 Å². The highest BCUT2D eigenvalue weighted by Gasteiger charge is 2.51. The second-order valence-corrected chi connectivity index (χ2v) is 7.73. The first kappa shape index (κ1) is 18.7. The number of benzene rings is 1. The summed E-state index contributed by atoms with van der Waals surface area (Å²) < 4.78 is 17.0. The van der Waals surface area contributed by atoms with Crippen molar-refractivity contribution in [2.24, 2.45) is 5.92 Å². The van der Waals surface area contributed by atoms with Gasteiger partial charge in [-0.2, -0.15) is 0 Å². The fourth-order valence-corrected chi connectivity index (χ4v) is 4.75. The molecule has 27 heavy (non-hydrogen) atoms. The van der Waals surface area contributed by atoms with E-state index in [1.807, 2.05) is 12.1 Å². The molecule has 3 fully saturated rings. The average molecular weight is 374 g/mol. The second-order valence-electron chi connectivity index (χ2n) is 7.73. The Hall–Kier alpha value is -1.63. The lowest BCUT2D eigenvalue weighted by atomic mass is 10.0. The van der Waals surface area contributed by atoms with E-state index in [0.29, 0.717) is 19.8 Å². The molecule has 2 aliphatic heterocycles. The maximum atomic E-state index is 12.9. The van der Waals surface area contributed by atoms with Crippen molar-refractivity contribution in [3.8, 4) is 5.75 Å². The van der Waals surface area contributed by atoms with Gasteiger partial charge >= 0.3 is 0 Å². The van der Waals surface area contributed by atoms with Gasteiger partial charge in [0.2, 0.25) is 5.91 Å². The van der Waals surface area contributed by atoms with Gasteiger partial charge in [-0.3, -0.25) is 9.69 Å². The second kappa shape index (κ2) is 8.17. The lowest BCUT2D eigenvalue weighted by Gasteiger charge is -2.31. The van der Waals surface area contributed by atoms with Gasteiger partial charge in [0.05, 0.1) is 32.3 Å². The number of ether oxygens (including phenoxy) is 3. The Morgan fingerprint density at radius 1 is 1.22 bits per heavy atom. The van der Waals surface area contributed by atoms with E-state index in [4.69, 9.17) is 14.2 Å². The molecule has 1 saturated carbocycles. The van der Waals surface area contributed by atoms with Crippen molar-refractivity contribution in [3.05, 3.63) is 29.8 Å². The summed E-state index contributed by atoms with van der Waals surface area (Å²) in [4.78, 5) is 15.4. The lowest BCUT2D eigenvalue weighted by molar-refractivity contribution is -0.186. The van der Waals surface area contributed by atoms with Crippen LogP contribution in [0.4, 0.5) is 0 Å². The summed E-state index contributed by atoms with van der Waals surface area (Å²) >= 11 is 0. The van der Waals surface area contributed by atoms with Crippen LogP contribution in [-0.2, 0) is 14.3 Å². The first-order valence-electron chi connectivity index (χ1n) is 10.2. The molecule has 3 aliphatic rings. The number of carbonyl (C=O) groups excluding carboxylic acids is 1. The van der Waals surface area contributed by atoms with Crippen molar-refractivity contribution >= 4 is 5.91 Å². The van der Waals surface area contributed by atoms with Crippen LogP contribution in [0.25, 0.3) is 0 Å². The first-order valence-corrected chi connectivity index (χ1v) is 10.2. The molecule has 4 rings (SSSR count). The molecule has 2 saturated heterocycles. The fourth-order valence-electron chi connectivity index (χ4n) is 4.75. The molecule has 0 bridgehead atoms. The summed E-state index contributed by atoms with van der Waals surface area (Å²) in [5.74, 6) is 0.0430. The number of hydrogen-bond donors (Lipinski definition) is 1. The van der Waals surface area contributed by atoms with Crippen molar-refractivity contribution in [1.82, 2.24) is 10.2 Å². The molecular weight excluding hydrogens is 344 g/mol. The van der Waals surface area contributed by atoms with Crippen molar-refractivity contribution in [3.63, 3.8) is 0 Å². The van der Waals surface area contributed by atoms with Crippen LogP contribution >= 0.6 is 0 Å². The van der Waals surface area contributed by atoms with Crippen LogP contribution in [0, 0.1) is 5.92 Å². The maximum Gasteiger partial charge on any atom is 0.228 e. The minimum atomic E-state index is -0.673. The molecule has 2 atom stereocenters. The Balaban J connectivity index is 1.44. The molecule has 1 spiro atoms. The zero-order chi connectivity index (χ0) is 18.7. The number of methoxy groups -OCH3 is 1. The Bertz CT molecular complexity index is 631. The van der Waals surface area contributed by atoms with Gasteiger partial charge < -0.3 is 19.5 Å². The summed E-state index contributed by atoms with van der Waals surface area (Å²) in [7, 11) is 1.68. The van der Waals surface area contributed by atoms with E-state index >= 15 is 0 Å². The quantitative estimate of drug-likeness (QED) is 0.829. The lowest BCUT2D eigenvalue weighted by Crippen LogP contribution is -2.46. The van der Waals surface area contributed by atoms with E-state index in [1.165, 1.54) is 18.4 Å². The summed E-state index contributed by atoms with van der Waals surface area (Å²) in [5, 5.41) is 3.21. The van der Waals surface area contributed by atoms with E-state index in [1.54, 1.807) is 7.11 Å². The molecule has 1 amide bonds. The van der Waals surface area contributed by atoms with E-state index < -0.39 is 5.79 Å². The number of nitrogens with zero attached hydrogens (tertiary/aromatic N) is 1. The summed E-state index contributed by atoms with van der Waals surface area (Å²) in [6.07, 6.45) is 5.07. The molecule has 2 heterocycles. The highest BCUT2D eigenvalue weighted by Crippen LogP contribution is 2.42. The molecule has 0 aromatic heterocycles. The highest BCUT2D eigenvalue weighted by atomic mass is 16.7. The van der Waals surface area contributed by atoms with Gasteiger partial charge in [0.1, 0.15) is 5.75 Å². The summed E-state index contributed by atoms with van der Waals surface area (Å²) in [6, 6.07) is 8.38. The van der Waals surface area contributed by atoms with Gasteiger partial charge in [0, 0.05) is 13.0 Å². The van der Waals surface area contributed by atoms with Crippen LogP contribution in [0.5, 0.6) is 5.75 Å². The fraction of sp³-hybridized carbons (Fsp3) is 0.667. The van der Waals surface area contributed by atoms with Crippen LogP contribution in [-0.4, -0.2) is 56.6 Å². The van der Waals surface area contributed by atoms with E-state index in [2.05, 4.69) is 22.3 Å². The van der Waals surface area contributed by atoms with Crippen LogP contribution in [0.3, 0.4) is 0 Å². The smallest absolute Gasteiger partial charge is 0.228 e. The number of rotatable bonds is 6. The molecule has 1 aromatic carbocycles. The molecule has 6 nitrogen and oxygen atoms in total.